The fourth-order valence-electron chi connectivity index (χ4n) is 4.30. The van der Waals surface area contributed by atoms with Crippen molar-refractivity contribution in [1.82, 2.24) is 14.9 Å². The number of methoxy groups -OCH3 is 1. The topological polar surface area (TPSA) is 96.6 Å². The Balaban J connectivity index is 0.000000555. The summed E-state index contributed by atoms with van der Waals surface area (Å²) in [5, 5.41) is 2.79. The summed E-state index contributed by atoms with van der Waals surface area (Å²) < 4.78 is 5.56. The van der Waals surface area contributed by atoms with Crippen LogP contribution in [0.5, 0.6) is 5.75 Å². The smallest absolute Gasteiger partial charge is 0.244 e. The number of nitrogens with two attached hydrogens (primary N) is 1. The van der Waals surface area contributed by atoms with Crippen LogP contribution >= 0.6 is 0 Å². The largest absolute Gasteiger partial charge is 0.496 e. The number of aryl methyl sites for hydroxylation is 1. The van der Waals surface area contributed by atoms with E-state index in [1.54, 1.807) is 14.0 Å². The van der Waals surface area contributed by atoms with Gasteiger partial charge in [-0.3, -0.25) is 9.69 Å². The van der Waals surface area contributed by atoms with E-state index in [9.17, 15) is 4.79 Å². The van der Waals surface area contributed by atoms with Gasteiger partial charge in [0.2, 0.25) is 5.91 Å². The first-order chi connectivity index (χ1) is 15.9. The number of hydrogen-bond donors (Lipinski definition) is 2. The van der Waals surface area contributed by atoms with Crippen LogP contribution in [0.15, 0.2) is 18.2 Å². The molecule has 3 N–H and O–H groups in total. The second-order valence-corrected chi connectivity index (χ2v) is 8.74. The summed E-state index contributed by atoms with van der Waals surface area (Å²) in [7, 11) is 1.70. The number of fused-ring (bicyclic) bond motifs is 1. The van der Waals surface area contributed by atoms with Crippen molar-refractivity contribution < 1.29 is 9.53 Å². The summed E-state index contributed by atoms with van der Waals surface area (Å²) in [5.74, 6) is 2.33. The number of aromatic nitrogens is 2. The van der Waals surface area contributed by atoms with Gasteiger partial charge >= 0.3 is 0 Å². The summed E-state index contributed by atoms with van der Waals surface area (Å²) in [5.41, 5.74) is 8.76. The average Bonchev–Trinajstić information content (AvgIpc) is 3.29. The van der Waals surface area contributed by atoms with E-state index in [1.807, 2.05) is 17.0 Å². The molecule has 8 heteroatoms. The third kappa shape index (κ3) is 6.57. The van der Waals surface area contributed by atoms with E-state index >= 15 is 0 Å². The van der Waals surface area contributed by atoms with Crippen LogP contribution in [0, 0.1) is 6.92 Å². The number of rotatable bonds is 7. The Bertz CT molecular complexity index is 941. The number of hydrogen-bond acceptors (Lipinski definition) is 7. The molecule has 180 valence electrons. The number of nitrogens with one attached hydrogen (secondary N) is 1. The first-order valence-corrected chi connectivity index (χ1v) is 12.0. The lowest BCUT2D eigenvalue weighted by Gasteiger charge is -2.30. The predicted octanol–water partition coefficient (Wildman–Crippen LogP) is 4.13. The predicted molar refractivity (Wildman–Crippen MR) is 134 cm³/mol. The summed E-state index contributed by atoms with van der Waals surface area (Å²) in [6.07, 6.45) is 6.58. The highest BCUT2D eigenvalue weighted by Gasteiger charge is 2.26. The Morgan fingerprint density at radius 3 is 2.48 bits per heavy atom. The molecule has 2 aromatic rings. The molecular formula is C25H38N6O2. The molecule has 0 bridgehead atoms. The van der Waals surface area contributed by atoms with Gasteiger partial charge in [-0.2, -0.15) is 0 Å². The molecule has 33 heavy (non-hydrogen) atoms. The maximum atomic E-state index is 12.2. The van der Waals surface area contributed by atoms with Gasteiger partial charge in [0, 0.05) is 18.7 Å². The van der Waals surface area contributed by atoms with Crippen LogP contribution in [0.2, 0.25) is 0 Å². The SMILES string of the molecule is CCCCC.COc1ccc(CN2CC(=O)Nc3c(N)nc(C)nc32)cc1CN1CCCC1. The number of nitrogens with zero attached hydrogens (tertiary/aromatic N) is 4. The van der Waals surface area contributed by atoms with Gasteiger partial charge in [-0.15, -0.1) is 0 Å². The maximum Gasteiger partial charge on any atom is 0.244 e. The van der Waals surface area contributed by atoms with Crippen molar-refractivity contribution in [1.29, 1.82) is 0 Å². The molecular weight excluding hydrogens is 416 g/mol. The zero-order chi connectivity index (χ0) is 23.8. The van der Waals surface area contributed by atoms with Crippen molar-refractivity contribution in [2.24, 2.45) is 0 Å². The summed E-state index contributed by atoms with van der Waals surface area (Å²) in [4.78, 5) is 25.2. The van der Waals surface area contributed by atoms with E-state index in [0.717, 1.165) is 30.9 Å². The lowest BCUT2D eigenvalue weighted by atomic mass is 10.1. The van der Waals surface area contributed by atoms with Crippen LogP contribution in [-0.2, 0) is 17.9 Å². The average molecular weight is 455 g/mol. The highest BCUT2D eigenvalue weighted by molar-refractivity contribution is 6.02. The molecule has 4 rings (SSSR count). The molecule has 0 unspecified atom stereocenters. The Morgan fingerprint density at radius 2 is 1.85 bits per heavy atom. The molecule has 8 nitrogen and oxygen atoms in total. The monoisotopic (exact) mass is 454 g/mol. The second kappa shape index (κ2) is 11.8. The molecule has 0 saturated carbocycles. The summed E-state index contributed by atoms with van der Waals surface area (Å²) in [6.45, 7) is 10.1. The van der Waals surface area contributed by atoms with Crippen LogP contribution in [0.25, 0.3) is 0 Å². The number of benzene rings is 1. The Morgan fingerprint density at radius 1 is 1.12 bits per heavy atom. The molecule has 1 aromatic heterocycles. The molecule has 0 aliphatic carbocycles. The van der Waals surface area contributed by atoms with Crippen molar-refractivity contribution in [3.63, 3.8) is 0 Å². The minimum atomic E-state index is -0.113. The molecule has 3 heterocycles. The van der Waals surface area contributed by atoms with Crippen molar-refractivity contribution in [3.8, 4) is 5.75 Å². The number of carbonyl (C=O) groups excluding carboxylic acids is 1. The number of nitrogen functional groups attached to an aromatic ring is 1. The number of amides is 1. The van der Waals surface area contributed by atoms with Gasteiger partial charge in [0.25, 0.3) is 0 Å². The highest BCUT2D eigenvalue weighted by Crippen LogP contribution is 2.33. The van der Waals surface area contributed by atoms with Gasteiger partial charge in [-0.1, -0.05) is 39.2 Å². The molecule has 2 aliphatic heterocycles. The lowest BCUT2D eigenvalue weighted by molar-refractivity contribution is -0.115. The molecule has 1 aromatic carbocycles. The van der Waals surface area contributed by atoms with Crippen molar-refractivity contribution in [2.45, 2.75) is 66.0 Å². The summed E-state index contributed by atoms with van der Waals surface area (Å²) in [6, 6.07) is 6.21. The van der Waals surface area contributed by atoms with Gasteiger partial charge in [0.15, 0.2) is 11.6 Å². The van der Waals surface area contributed by atoms with E-state index in [4.69, 9.17) is 10.5 Å². The second-order valence-electron chi connectivity index (χ2n) is 8.74. The van der Waals surface area contributed by atoms with Crippen molar-refractivity contribution >= 4 is 23.2 Å². The van der Waals surface area contributed by atoms with Crippen molar-refractivity contribution in [3.05, 3.63) is 35.2 Å². The fraction of sp³-hybridized carbons (Fsp3) is 0.560. The van der Waals surface area contributed by atoms with Gasteiger partial charge in [-0.25, -0.2) is 9.97 Å². The standard InChI is InChI=1S/C20H26N6O2.C5H12/c1-13-22-19(21)18-20(23-13)26(12-17(27)24-18)10-14-5-6-16(28-2)15(9-14)11-25-7-3-4-8-25;1-3-5-4-2/h5-6,9H,3-4,7-8,10-12H2,1-2H3,(H,24,27)(H2,21,22,23);3-5H2,1-2H3. The molecule has 1 fully saturated rings. The number of carbonyl (C=O) groups is 1. The Kier molecular flexibility index (Phi) is 8.88. The van der Waals surface area contributed by atoms with E-state index in [2.05, 4.69) is 40.1 Å². The Hall–Kier alpha value is -2.87. The molecule has 1 saturated heterocycles. The van der Waals surface area contributed by atoms with Gasteiger partial charge in [0.1, 0.15) is 17.3 Å². The van der Waals surface area contributed by atoms with Crippen LogP contribution in [0.1, 0.15) is 62.9 Å². The molecule has 2 aliphatic rings. The first-order valence-electron chi connectivity index (χ1n) is 12.0. The summed E-state index contributed by atoms with van der Waals surface area (Å²) >= 11 is 0. The van der Waals surface area contributed by atoms with E-state index < -0.39 is 0 Å². The quantitative estimate of drug-likeness (QED) is 0.649. The molecule has 0 atom stereocenters. The number of likely N-dealkylation sites (tertiary alicyclic amines) is 1. The normalized spacial score (nSPS) is 15.5. The first kappa shape index (κ1) is 24.8. The van der Waals surface area contributed by atoms with E-state index in [-0.39, 0.29) is 12.5 Å². The number of unbranched alkanes of at least 4 members (excludes halogenated alkanes) is 2. The maximum absolute atomic E-state index is 12.2. The number of anilines is 3. The highest BCUT2D eigenvalue weighted by atomic mass is 16.5. The third-order valence-electron chi connectivity index (χ3n) is 5.95. The van der Waals surface area contributed by atoms with Gasteiger partial charge in [0.05, 0.1) is 13.7 Å². The fourth-order valence-corrected chi connectivity index (χ4v) is 4.30. The lowest BCUT2D eigenvalue weighted by Crippen LogP contribution is -2.39. The minimum Gasteiger partial charge on any atom is -0.496 e. The number of ether oxygens (including phenoxy) is 1. The molecule has 0 spiro atoms. The molecule has 0 radical (unpaired) electrons. The van der Waals surface area contributed by atoms with Crippen LogP contribution in [0.4, 0.5) is 17.3 Å². The van der Waals surface area contributed by atoms with Crippen molar-refractivity contribution in [2.75, 3.05) is 42.7 Å². The van der Waals surface area contributed by atoms with Crippen LogP contribution < -0.4 is 20.7 Å². The Labute approximate surface area is 197 Å². The van der Waals surface area contributed by atoms with E-state index in [1.165, 1.54) is 37.7 Å². The third-order valence-corrected chi connectivity index (χ3v) is 5.95. The van der Waals surface area contributed by atoms with Crippen LogP contribution in [0.3, 0.4) is 0 Å². The molecule has 1 amide bonds. The minimum absolute atomic E-state index is 0.113. The van der Waals surface area contributed by atoms with Crippen LogP contribution in [-0.4, -0.2) is 47.5 Å². The van der Waals surface area contributed by atoms with E-state index in [0.29, 0.717) is 29.7 Å². The zero-order valence-electron chi connectivity index (χ0n) is 20.5. The zero-order valence-corrected chi connectivity index (χ0v) is 20.5. The van der Waals surface area contributed by atoms with Gasteiger partial charge < -0.3 is 20.7 Å². The van der Waals surface area contributed by atoms with Gasteiger partial charge in [-0.05, 0) is 50.6 Å².